The molecule has 3 nitrogen and oxygen atoms in total. The Morgan fingerprint density at radius 3 is 2.18 bits per heavy atom. The van der Waals surface area contributed by atoms with Crippen LogP contribution in [-0.2, 0) is 17.8 Å². The number of carbonyl (C=O) groups is 1. The summed E-state index contributed by atoms with van der Waals surface area (Å²) in [4.78, 5) is 13.9. The zero-order chi connectivity index (χ0) is 32.8. The van der Waals surface area contributed by atoms with Crippen LogP contribution in [0.4, 0.5) is 13.2 Å². The second-order valence-corrected chi connectivity index (χ2v) is 11.5. The number of unbranched alkanes of at least 4 members (excludes halogenated alkanes) is 2. The molecule has 0 bridgehead atoms. The lowest BCUT2D eigenvalue weighted by Crippen LogP contribution is -2.28. The maximum atomic E-state index is 13.2. The van der Waals surface area contributed by atoms with Gasteiger partial charge < -0.3 is 9.64 Å². The minimum absolute atomic E-state index is 0.108. The van der Waals surface area contributed by atoms with Crippen molar-refractivity contribution in [2.45, 2.75) is 118 Å². The third-order valence-electron chi connectivity index (χ3n) is 7.79. The predicted molar refractivity (Wildman–Crippen MR) is 179 cm³/mol. The van der Waals surface area contributed by atoms with Crippen molar-refractivity contribution in [2.75, 3.05) is 19.6 Å². The highest BCUT2D eigenvalue weighted by atomic mass is 19.3. The molecule has 1 aliphatic heterocycles. The summed E-state index contributed by atoms with van der Waals surface area (Å²) in [6.45, 7) is 16.9. The van der Waals surface area contributed by atoms with E-state index in [-0.39, 0.29) is 24.5 Å². The Bertz CT molecular complexity index is 1000. The number of carbonyl (C=O) groups excluding carboxylic acids is 1. The average molecular weight is 618 g/mol. The minimum Gasteiger partial charge on any atom is -0.489 e. The molecule has 0 spiro atoms. The van der Waals surface area contributed by atoms with Gasteiger partial charge in [0.2, 0.25) is 5.92 Å². The van der Waals surface area contributed by atoms with E-state index in [0.717, 1.165) is 44.5 Å². The largest absolute Gasteiger partial charge is 0.489 e. The van der Waals surface area contributed by atoms with Crippen molar-refractivity contribution in [3.8, 4) is 5.75 Å². The molecule has 248 valence electrons. The Morgan fingerprint density at radius 1 is 0.977 bits per heavy atom. The minimum atomic E-state index is -2.53. The third-order valence-corrected chi connectivity index (χ3v) is 7.79. The lowest BCUT2D eigenvalue weighted by atomic mass is 9.83. The molecule has 2 aromatic rings. The van der Waals surface area contributed by atoms with E-state index in [1.807, 2.05) is 64.1 Å². The number of rotatable bonds is 13. The molecule has 2 atom stereocenters. The van der Waals surface area contributed by atoms with E-state index in [9.17, 15) is 18.0 Å². The molecule has 6 heteroatoms. The second-order valence-electron chi connectivity index (χ2n) is 11.5. The Morgan fingerprint density at radius 2 is 1.61 bits per heavy atom. The van der Waals surface area contributed by atoms with Gasteiger partial charge in [0.1, 0.15) is 24.3 Å². The number of benzene rings is 2. The SMILES string of the molecule is C=CCCCCC(=O)C1CCC(F)(F)CC1.CC.CC.CC(Cc1ccc(OCc2ccccc2)cc1)CN1CCC(F)C1. The fraction of sp³-hybridized carbons (Fsp3) is 0.605. The van der Waals surface area contributed by atoms with Gasteiger partial charge in [-0.15, -0.1) is 6.58 Å². The van der Waals surface area contributed by atoms with Gasteiger partial charge >= 0.3 is 0 Å². The molecule has 1 saturated heterocycles. The second kappa shape index (κ2) is 22.8. The quantitative estimate of drug-likeness (QED) is 0.165. The first-order chi connectivity index (χ1) is 21.2. The zero-order valence-electron chi connectivity index (χ0n) is 28.0. The van der Waals surface area contributed by atoms with Gasteiger partial charge in [0.15, 0.2) is 0 Å². The van der Waals surface area contributed by atoms with Crippen LogP contribution in [0.2, 0.25) is 0 Å². The van der Waals surface area contributed by atoms with Crippen LogP contribution in [0.5, 0.6) is 5.75 Å². The number of ether oxygens (including phenoxy) is 1. The maximum absolute atomic E-state index is 13.2. The number of Topliss-reactive ketones (excluding diaryl/α,β-unsaturated/α-hetero) is 1. The standard InChI is InChI=1S/C21H26FNO.C13H20F2O.2C2H6/c1-17(14-23-12-11-20(22)15-23)13-18-7-9-21(10-8-18)24-16-19-5-3-2-4-6-19;1-2-3-4-5-6-12(16)11-7-9-13(14,15)10-8-11;2*1-2/h2-10,17,20H,11-16H2,1H3;2,11H,1,3-10H2;2*1-2H3. The van der Waals surface area contributed by atoms with Crippen molar-refractivity contribution in [3.63, 3.8) is 0 Å². The van der Waals surface area contributed by atoms with Gasteiger partial charge in [-0.25, -0.2) is 13.2 Å². The van der Waals surface area contributed by atoms with E-state index in [4.69, 9.17) is 4.74 Å². The van der Waals surface area contributed by atoms with Crippen LogP contribution in [-0.4, -0.2) is 42.4 Å². The van der Waals surface area contributed by atoms with Crippen molar-refractivity contribution in [1.82, 2.24) is 4.90 Å². The summed E-state index contributed by atoms with van der Waals surface area (Å²) < 4.78 is 44.8. The molecule has 1 aliphatic carbocycles. The highest BCUT2D eigenvalue weighted by Gasteiger charge is 2.36. The third kappa shape index (κ3) is 16.5. The number of ketones is 1. The molecule has 0 aromatic heterocycles. The van der Waals surface area contributed by atoms with Crippen molar-refractivity contribution >= 4 is 5.78 Å². The molecule has 44 heavy (non-hydrogen) atoms. The van der Waals surface area contributed by atoms with Crippen molar-refractivity contribution in [3.05, 3.63) is 78.4 Å². The summed E-state index contributed by atoms with van der Waals surface area (Å²) in [5.74, 6) is -1.02. The van der Waals surface area contributed by atoms with Crippen LogP contribution >= 0.6 is 0 Å². The van der Waals surface area contributed by atoms with E-state index < -0.39 is 12.1 Å². The summed E-state index contributed by atoms with van der Waals surface area (Å²) >= 11 is 0. The number of nitrogens with zero attached hydrogens (tertiary/aromatic N) is 1. The molecule has 1 heterocycles. The van der Waals surface area contributed by atoms with Gasteiger partial charge in [-0.1, -0.05) is 83.2 Å². The van der Waals surface area contributed by atoms with E-state index in [2.05, 4.69) is 42.7 Å². The lowest BCUT2D eigenvalue weighted by Gasteiger charge is -2.27. The predicted octanol–water partition coefficient (Wildman–Crippen LogP) is 10.7. The van der Waals surface area contributed by atoms with Crippen LogP contribution in [0.15, 0.2) is 67.3 Å². The first kappa shape index (κ1) is 39.4. The first-order valence-corrected chi connectivity index (χ1v) is 16.9. The van der Waals surface area contributed by atoms with Crippen molar-refractivity contribution < 1.29 is 22.7 Å². The van der Waals surface area contributed by atoms with Crippen LogP contribution in [0, 0.1) is 11.8 Å². The van der Waals surface area contributed by atoms with Crippen molar-refractivity contribution in [1.29, 1.82) is 0 Å². The molecule has 2 aromatic carbocycles. The highest BCUT2D eigenvalue weighted by Crippen LogP contribution is 2.37. The molecular weight excluding hydrogens is 559 g/mol. The molecule has 2 unspecified atom stereocenters. The van der Waals surface area contributed by atoms with Gasteiger partial charge in [-0.2, -0.15) is 0 Å². The zero-order valence-corrected chi connectivity index (χ0v) is 28.0. The number of allylic oxidation sites excluding steroid dienone is 1. The van der Waals surface area contributed by atoms with Crippen LogP contribution in [0.25, 0.3) is 0 Å². The van der Waals surface area contributed by atoms with Crippen LogP contribution in [0.1, 0.15) is 104 Å². The fourth-order valence-corrected chi connectivity index (χ4v) is 5.48. The average Bonchev–Trinajstić information content (AvgIpc) is 3.45. The van der Waals surface area contributed by atoms with E-state index >= 15 is 0 Å². The fourth-order valence-electron chi connectivity index (χ4n) is 5.48. The van der Waals surface area contributed by atoms with Gasteiger partial charge in [0, 0.05) is 44.8 Å². The summed E-state index contributed by atoms with van der Waals surface area (Å²) in [5, 5.41) is 0. The molecule has 2 aliphatic rings. The normalized spacial score (nSPS) is 18.3. The van der Waals surface area contributed by atoms with Gasteiger partial charge in [-0.3, -0.25) is 4.79 Å². The Kier molecular flexibility index (Phi) is 20.5. The highest BCUT2D eigenvalue weighted by molar-refractivity contribution is 5.81. The molecule has 0 radical (unpaired) electrons. The molecule has 4 rings (SSSR count). The van der Waals surface area contributed by atoms with Gasteiger partial charge in [0.05, 0.1) is 0 Å². The van der Waals surface area contributed by atoms with Gasteiger partial charge in [-0.05, 0) is 74.1 Å². The van der Waals surface area contributed by atoms with E-state index in [1.54, 1.807) is 0 Å². The molecule has 1 saturated carbocycles. The molecule has 2 fully saturated rings. The summed E-state index contributed by atoms with van der Waals surface area (Å²) in [5.41, 5.74) is 2.48. The summed E-state index contributed by atoms with van der Waals surface area (Å²) in [7, 11) is 0. The van der Waals surface area contributed by atoms with Gasteiger partial charge in [0.25, 0.3) is 0 Å². The lowest BCUT2D eigenvalue weighted by molar-refractivity contribution is -0.127. The monoisotopic (exact) mass is 617 g/mol. The number of alkyl halides is 3. The number of hydrogen-bond donors (Lipinski definition) is 0. The number of halogens is 3. The van der Waals surface area contributed by atoms with Crippen molar-refractivity contribution in [2.24, 2.45) is 11.8 Å². The maximum Gasteiger partial charge on any atom is 0.248 e. The van der Waals surface area contributed by atoms with Crippen LogP contribution < -0.4 is 4.74 Å². The number of likely N-dealkylation sites (tertiary alicyclic amines) is 1. The topological polar surface area (TPSA) is 29.5 Å². The smallest absolute Gasteiger partial charge is 0.248 e. The Balaban J connectivity index is 0.000000422. The molecule has 0 N–H and O–H groups in total. The summed E-state index contributed by atoms with van der Waals surface area (Å²) in [6.07, 6.45) is 6.74. The Labute approximate surface area is 266 Å². The van der Waals surface area contributed by atoms with E-state index in [1.165, 1.54) is 11.1 Å². The first-order valence-electron chi connectivity index (χ1n) is 16.9. The molecule has 0 amide bonds. The number of hydrogen-bond acceptors (Lipinski definition) is 3. The van der Waals surface area contributed by atoms with Crippen LogP contribution in [0.3, 0.4) is 0 Å². The summed E-state index contributed by atoms with van der Waals surface area (Å²) in [6, 6.07) is 18.5. The Hall–Kier alpha value is -2.60. The van der Waals surface area contributed by atoms with E-state index in [0.29, 0.717) is 44.8 Å². The molecular formula is C38H58F3NO2.